The van der Waals surface area contributed by atoms with E-state index >= 15 is 0 Å². The maximum absolute atomic E-state index is 13.1. The van der Waals surface area contributed by atoms with Crippen molar-refractivity contribution in [1.82, 2.24) is 14.1 Å². The van der Waals surface area contributed by atoms with Crippen LogP contribution < -0.4 is 0 Å². The quantitative estimate of drug-likeness (QED) is 0.703. The molecule has 142 valence electrons. The zero-order valence-electron chi connectivity index (χ0n) is 15.6. The average Bonchev–Trinajstić information content (AvgIpc) is 3.05. The molecule has 1 saturated carbocycles. The molecule has 7 nitrogen and oxygen atoms in total. The Morgan fingerprint density at radius 3 is 2.16 bits per heavy atom. The fourth-order valence-electron chi connectivity index (χ4n) is 5.43. The van der Waals surface area contributed by atoms with Gasteiger partial charge in [0.15, 0.2) is 0 Å². The number of rotatable bonds is 2. The molecule has 0 aromatic carbocycles. The average molecular weight is 372 g/mol. The first-order valence-electron chi connectivity index (χ1n) is 8.94. The lowest BCUT2D eigenvalue weighted by Gasteiger charge is -2.44. The summed E-state index contributed by atoms with van der Waals surface area (Å²) in [6.07, 6.45) is 4.63. The minimum absolute atomic E-state index is 0.0307. The predicted octanol–water partition coefficient (Wildman–Crippen LogP) is 0.375. The molecule has 0 unspecified atom stereocenters. The molecular weight excluding hydrogens is 342 g/mol. The molecule has 2 saturated heterocycles. The van der Waals surface area contributed by atoms with Crippen molar-refractivity contribution in [2.24, 2.45) is 16.7 Å². The molecule has 2 atom stereocenters. The molecule has 0 bridgehead atoms. The number of amides is 2. The highest BCUT2D eigenvalue weighted by atomic mass is 32.2. The summed E-state index contributed by atoms with van der Waals surface area (Å²) in [5.74, 6) is 0.181. The number of nitrogens with zero attached hydrogens (tertiary/aromatic N) is 3. The van der Waals surface area contributed by atoms with E-state index in [0.29, 0.717) is 26.2 Å². The molecule has 1 aliphatic carbocycles. The van der Waals surface area contributed by atoms with E-state index in [1.807, 2.05) is 4.90 Å². The molecule has 2 aliphatic heterocycles. The number of hydrogen-bond acceptors (Lipinski definition) is 4. The molecule has 3 aliphatic rings. The third-order valence-corrected chi connectivity index (χ3v) is 8.04. The Bertz CT molecular complexity index is 682. The molecule has 1 spiro atoms. The largest absolute Gasteiger partial charge is 0.348 e. The standard InChI is InChI=1S/C17H29N3O4S/c1-13(21)19-9-7-16(8-10-19)5-6-17(15(22)18(2)3)12-20(11-14(16)17)25(4,23)24/h14H,5-12H2,1-4H3/t14-,17+/m0/s1. The van der Waals surface area contributed by atoms with Crippen LogP contribution in [-0.4, -0.2) is 80.9 Å². The number of fused-ring (bicyclic) bond motifs is 2. The highest BCUT2D eigenvalue weighted by Gasteiger charge is 2.65. The first kappa shape index (κ1) is 18.6. The maximum Gasteiger partial charge on any atom is 0.229 e. The van der Waals surface area contributed by atoms with E-state index in [9.17, 15) is 18.0 Å². The second-order valence-electron chi connectivity index (χ2n) is 8.33. The molecular formula is C17H29N3O4S. The van der Waals surface area contributed by atoms with Crippen LogP contribution in [0.2, 0.25) is 0 Å². The van der Waals surface area contributed by atoms with Gasteiger partial charge in [0, 0.05) is 47.2 Å². The minimum atomic E-state index is -3.32. The Balaban J connectivity index is 1.93. The van der Waals surface area contributed by atoms with E-state index < -0.39 is 15.4 Å². The Morgan fingerprint density at radius 1 is 1.08 bits per heavy atom. The van der Waals surface area contributed by atoms with Crippen molar-refractivity contribution in [2.45, 2.75) is 32.6 Å². The van der Waals surface area contributed by atoms with Crippen LogP contribution >= 0.6 is 0 Å². The summed E-state index contributed by atoms with van der Waals surface area (Å²) in [5.41, 5.74) is -0.637. The van der Waals surface area contributed by atoms with Gasteiger partial charge in [0.05, 0.1) is 11.7 Å². The van der Waals surface area contributed by atoms with E-state index in [0.717, 1.165) is 25.7 Å². The number of carbonyl (C=O) groups excluding carboxylic acids is 2. The van der Waals surface area contributed by atoms with Gasteiger partial charge < -0.3 is 9.80 Å². The summed E-state index contributed by atoms with van der Waals surface area (Å²) in [7, 11) is 0.178. The highest BCUT2D eigenvalue weighted by Crippen LogP contribution is 2.62. The van der Waals surface area contributed by atoms with E-state index in [2.05, 4.69) is 0 Å². The van der Waals surface area contributed by atoms with Crippen LogP contribution in [0.5, 0.6) is 0 Å². The van der Waals surface area contributed by atoms with E-state index in [-0.39, 0.29) is 23.1 Å². The zero-order valence-corrected chi connectivity index (χ0v) is 16.4. The third-order valence-electron chi connectivity index (χ3n) is 6.83. The predicted molar refractivity (Wildman–Crippen MR) is 94.2 cm³/mol. The Morgan fingerprint density at radius 2 is 1.68 bits per heavy atom. The summed E-state index contributed by atoms with van der Waals surface area (Å²) >= 11 is 0. The van der Waals surface area contributed by atoms with Crippen LogP contribution in [0.15, 0.2) is 0 Å². The molecule has 0 aromatic rings. The monoisotopic (exact) mass is 371 g/mol. The van der Waals surface area contributed by atoms with Gasteiger partial charge in [0.1, 0.15) is 0 Å². The zero-order chi connectivity index (χ0) is 18.6. The number of carbonyl (C=O) groups is 2. The van der Waals surface area contributed by atoms with Crippen molar-refractivity contribution < 1.29 is 18.0 Å². The lowest BCUT2D eigenvalue weighted by Crippen LogP contribution is -2.49. The Hall–Kier alpha value is -1.15. The van der Waals surface area contributed by atoms with Crippen LogP contribution in [0.3, 0.4) is 0 Å². The van der Waals surface area contributed by atoms with Gasteiger partial charge in [-0.25, -0.2) is 12.7 Å². The number of sulfonamides is 1. The summed E-state index contributed by atoms with van der Waals surface area (Å²) in [6, 6.07) is 0. The SMILES string of the molecule is CC(=O)N1CCC2(CC1)CC[C@@]1(C(=O)N(C)C)CN(S(C)(=O)=O)C[C@@H]21. The fourth-order valence-corrected chi connectivity index (χ4v) is 6.32. The molecule has 2 amide bonds. The number of hydrogen-bond donors (Lipinski definition) is 0. The van der Waals surface area contributed by atoms with E-state index in [1.165, 1.54) is 10.6 Å². The van der Waals surface area contributed by atoms with Gasteiger partial charge in [-0.1, -0.05) is 0 Å². The molecule has 8 heteroatoms. The lowest BCUT2D eigenvalue weighted by molar-refractivity contribution is -0.142. The van der Waals surface area contributed by atoms with Gasteiger partial charge in [-0.15, -0.1) is 0 Å². The Labute approximate surface area is 150 Å². The van der Waals surface area contributed by atoms with Crippen LogP contribution in [0, 0.1) is 16.7 Å². The second kappa shape index (κ2) is 5.94. The fraction of sp³-hybridized carbons (Fsp3) is 0.882. The molecule has 25 heavy (non-hydrogen) atoms. The van der Waals surface area contributed by atoms with Crippen molar-refractivity contribution in [3.63, 3.8) is 0 Å². The highest BCUT2D eigenvalue weighted by molar-refractivity contribution is 7.88. The van der Waals surface area contributed by atoms with Crippen molar-refractivity contribution in [1.29, 1.82) is 0 Å². The normalized spacial score (nSPS) is 32.0. The Kier molecular flexibility index (Phi) is 4.43. The van der Waals surface area contributed by atoms with Crippen LogP contribution in [-0.2, 0) is 19.6 Å². The van der Waals surface area contributed by atoms with Crippen LogP contribution in [0.4, 0.5) is 0 Å². The summed E-state index contributed by atoms with van der Waals surface area (Å²) < 4.78 is 25.8. The third kappa shape index (κ3) is 2.87. The smallest absolute Gasteiger partial charge is 0.229 e. The summed E-state index contributed by atoms with van der Waals surface area (Å²) in [5, 5.41) is 0. The summed E-state index contributed by atoms with van der Waals surface area (Å²) in [4.78, 5) is 28.2. The first-order chi connectivity index (χ1) is 11.5. The van der Waals surface area contributed by atoms with Crippen molar-refractivity contribution >= 4 is 21.8 Å². The van der Waals surface area contributed by atoms with Gasteiger partial charge in [0.2, 0.25) is 21.8 Å². The van der Waals surface area contributed by atoms with Crippen molar-refractivity contribution in [3.05, 3.63) is 0 Å². The van der Waals surface area contributed by atoms with Crippen molar-refractivity contribution in [3.8, 4) is 0 Å². The molecule has 3 fully saturated rings. The number of piperidine rings is 1. The van der Waals surface area contributed by atoms with Crippen LogP contribution in [0.25, 0.3) is 0 Å². The van der Waals surface area contributed by atoms with Gasteiger partial charge in [-0.05, 0) is 37.0 Å². The van der Waals surface area contributed by atoms with Gasteiger partial charge in [0.25, 0.3) is 0 Å². The maximum atomic E-state index is 13.1. The van der Waals surface area contributed by atoms with Gasteiger partial charge in [-0.2, -0.15) is 0 Å². The summed E-state index contributed by atoms with van der Waals surface area (Å²) in [6.45, 7) is 3.73. The van der Waals surface area contributed by atoms with Gasteiger partial charge in [-0.3, -0.25) is 9.59 Å². The van der Waals surface area contributed by atoms with E-state index in [1.54, 1.807) is 25.9 Å². The molecule has 0 radical (unpaired) electrons. The minimum Gasteiger partial charge on any atom is -0.348 e. The second-order valence-corrected chi connectivity index (χ2v) is 10.3. The molecule has 3 rings (SSSR count). The van der Waals surface area contributed by atoms with Crippen LogP contribution in [0.1, 0.15) is 32.6 Å². The lowest BCUT2D eigenvalue weighted by atomic mass is 9.65. The topological polar surface area (TPSA) is 78.0 Å². The molecule has 0 N–H and O–H groups in total. The number of likely N-dealkylation sites (tertiary alicyclic amines) is 1. The van der Waals surface area contributed by atoms with Crippen molar-refractivity contribution in [2.75, 3.05) is 46.5 Å². The van der Waals surface area contributed by atoms with E-state index in [4.69, 9.17) is 0 Å². The first-order valence-corrected chi connectivity index (χ1v) is 10.8. The van der Waals surface area contributed by atoms with Gasteiger partial charge >= 0.3 is 0 Å². The molecule has 0 aromatic heterocycles. The molecule has 2 heterocycles.